The first-order valence-electron chi connectivity index (χ1n) is 13.7. The number of ether oxygens (including phenoxy) is 1. The van der Waals surface area contributed by atoms with Gasteiger partial charge in [0.1, 0.15) is 17.9 Å². The Morgan fingerprint density at radius 3 is 2.69 bits per heavy atom. The van der Waals surface area contributed by atoms with Crippen LogP contribution in [0, 0.1) is 24.1 Å². The lowest BCUT2D eigenvalue weighted by atomic mass is 9.92. The maximum Gasteiger partial charge on any atom is 0.338 e. The second-order valence-corrected chi connectivity index (χ2v) is 12.1. The fourth-order valence-corrected chi connectivity index (χ4v) is 6.26. The van der Waals surface area contributed by atoms with E-state index in [1.165, 1.54) is 31.3 Å². The maximum absolute atomic E-state index is 14.7. The molecule has 3 atom stereocenters. The molecule has 2 aromatic rings. The minimum absolute atomic E-state index is 0.0692. The second kappa shape index (κ2) is 11.4. The first-order valence-corrected chi connectivity index (χ1v) is 14.5. The summed E-state index contributed by atoms with van der Waals surface area (Å²) >= 11 is 1.34. The van der Waals surface area contributed by atoms with E-state index in [1.54, 1.807) is 37.6 Å². The normalized spacial score (nSPS) is 22.7. The van der Waals surface area contributed by atoms with Gasteiger partial charge in [0.05, 0.1) is 23.5 Å². The van der Waals surface area contributed by atoms with E-state index in [2.05, 4.69) is 10.3 Å². The van der Waals surface area contributed by atoms with Crippen LogP contribution in [0.4, 0.5) is 4.39 Å². The number of likely N-dealkylation sites (tertiary alicyclic amines) is 2. The standard InChI is InChI=1S/C29H32FN5O6S/c1-5-41-27(38)20-19(13-34-11-9-17-22(34)26(37)35(25(17)36)14-29(3,4)28(39)40)32-23(24-31-10-12-42-24)33-21(20)16-7-6-8-18(30)15(16)2/h6-8,10,12,17,21-22H,5,9,11,13-14H2,1-4H3,(H,32,33)(H,39,40)/t17-,21+,22+/m1/s1. The number of carbonyl (C=O) groups excluding carboxylic acids is 3. The molecular formula is C29H32FN5O6S. The molecule has 0 bridgehead atoms. The summed E-state index contributed by atoms with van der Waals surface area (Å²) in [7, 11) is 0. The lowest BCUT2D eigenvalue weighted by molar-refractivity contribution is -0.151. The summed E-state index contributed by atoms with van der Waals surface area (Å²) in [5.41, 5.74) is 0.0957. The van der Waals surface area contributed by atoms with Crippen LogP contribution < -0.4 is 5.32 Å². The average molecular weight is 598 g/mol. The fourth-order valence-electron chi connectivity index (χ4n) is 5.67. The van der Waals surface area contributed by atoms with Crippen LogP contribution in [0.5, 0.6) is 0 Å². The van der Waals surface area contributed by atoms with Crippen LogP contribution in [0.15, 0.2) is 46.0 Å². The number of rotatable bonds is 9. The van der Waals surface area contributed by atoms with E-state index in [1.807, 2.05) is 4.90 Å². The van der Waals surface area contributed by atoms with E-state index in [4.69, 9.17) is 9.73 Å². The van der Waals surface area contributed by atoms with Crippen molar-refractivity contribution >= 4 is 40.9 Å². The Hall–Kier alpha value is -3.97. The summed E-state index contributed by atoms with van der Waals surface area (Å²) in [6.07, 6.45) is 2.03. The van der Waals surface area contributed by atoms with Crippen molar-refractivity contribution in [3.63, 3.8) is 0 Å². The van der Waals surface area contributed by atoms with Gasteiger partial charge in [-0.05, 0) is 51.3 Å². The quantitative estimate of drug-likeness (QED) is 0.330. The van der Waals surface area contributed by atoms with Crippen molar-refractivity contribution in [2.24, 2.45) is 16.3 Å². The smallest absolute Gasteiger partial charge is 0.338 e. The van der Waals surface area contributed by atoms with Gasteiger partial charge in [-0.1, -0.05) is 12.1 Å². The van der Waals surface area contributed by atoms with Gasteiger partial charge < -0.3 is 15.2 Å². The summed E-state index contributed by atoms with van der Waals surface area (Å²) in [5.74, 6) is -3.27. The predicted molar refractivity (Wildman–Crippen MR) is 151 cm³/mol. The van der Waals surface area contributed by atoms with E-state index in [9.17, 15) is 28.7 Å². The number of benzene rings is 1. The van der Waals surface area contributed by atoms with Crippen LogP contribution in [0.3, 0.4) is 0 Å². The number of nitrogens with zero attached hydrogens (tertiary/aromatic N) is 4. The van der Waals surface area contributed by atoms with Gasteiger partial charge in [0.2, 0.25) is 11.8 Å². The van der Waals surface area contributed by atoms with Gasteiger partial charge >= 0.3 is 11.9 Å². The number of halogens is 1. The van der Waals surface area contributed by atoms with Crippen molar-refractivity contribution < 1.29 is 33.4 Å². The van der Waals surface area contributed by atoms with Gasteiger partial charge in [0, 0.05) is 36.9 Å². The lowest BCUT2D eigenvalue weighted by Gasteiger charge is -2.31. The largest absolute Gasteiger partial charge is 0.481 e. The highest BCUT2D eigenvalue weighted by Crippen LogP contribution is 2.39. The number of amides is 2. The molecule has 11 nitrogen and oxygen atoms in total. The SMILES string of the molecule is CCOC(=O)C1=C(CN2CC[C@H]3C(=O)N(CC(C)(C)C(=O)O)C(=O)[C@H]32)NC(c2nccs2)=N[C@H]1c1cccc(F)c1C. The van der Waals surface area contributed by atoms with Crippen LogP contribution in [0.25, 0.3) is 0 Å². The van der Waals surface area contributed by atoms with Gasteiger partial charge in [0.15, 0.2) is 10.8 Å². The minimum Gasteiger partial charge on any atom is -0.481 e. The zero-order chi connectivity index (χ0) is 30.3. The first-order chi connectivity index (χ1) is 19.9. The molecule has 0 spiro atoms. The second-order valence-electron chi connectivity index (χ2n) is 11.2. The Morgan fingerprint density at radius 1 is 1.26 bits per heavy atom. The Bertz CT molecular complexity index is 1500. The van der Waals surface area contributed by atoms with Gasteiger partial charge in [-0.15, -0.1) is 11.3 Å². The molecule has 1 aromatic heterocycles. The summed E-state index contributed by atoms with van der Waals surface area (Å²) in [6.45, 7) is 6.57. The number of thiazole rings is 1. The van der Waals surface area contributed by atoms with Gasteiger partial charge in [-0.3, -0.25) is 29.2 Å². The van der Waals surface area contributed by atoms with E-state index >= 15 is 0 Å². The zero-order valence-corrected chi connectivity index (χ0v) is 24.5. The van der Waals surface area contributed by atoms with Crippen LogP contribution in [-0.4, -0.2) is 81.8 Å². The van der Waals surface area contributed by atoms with Crippen molar-refractivity contribution in [1.29, 1.82) is 0 Å². The van der Waals surface area contributed by atoms with Gasteiger partial charge in [0.25, 0.3) is 0 Å². The summed E-state index contributed by atoms with van der Waals surface area (Å²) in [6, 6.07) is 2.88. The molecule has 42 heavy (non-hydrogen) atoms. The zero-order valence-electron chi connectivity index (χ0n) is 23.7. The van der Waals surface area contributed by atoms with Crippen molar-refractivity contribution in [1.82, 2.24) is 20.1 Å². The van der Waals surface area contributed by atoms with Crippen molar-refractivity contribution in [3.8, 4) is 0 Å². The van der Waals surface area contributed by atoms with Gasteiger partial charge in [-0.2, -0.15) is 0 Å². The number of aromatic nitrogens is 1. The average Bonchev–Trinajstić information content (AvgIpc) is 3.67. The highest BCUT2D eigenvalue weighted by atomic mass is 32.1. The predicted octanol–water partition coefficient (Wildman–Crippen LogP) is 2.67. The number of carboxylic acids is 1. The molecule has 3 aliphatic rings. The molecule has 0 saturated carbocycles. The number of carbonyl (C=O) groups is 4. The molecule has 2 fully saturated rings. The number of carboxylic acid groups (broad SMARTS) is 1. The molecule has 5 rings (SSSR count). The topological polar surface area (TPSA) is 142 Å². The molecule has 4 heterocycles. The Labute approximate surface area is 246 Å². The number of aliphatic carboxylic acids is 1. The van der Waals surface area contributed by atoms with Crippen LogP contribution >= 0.6 is 11.3 Å². The summed E-state index contributed by atoms with van der Waals surface area (Å²) in [5, 5.41) is 15.1. The molecule has 2 N–H and O–H groups in total. The number of imide groups is 1. The number of hydrogen-bond donors (Lipinski definition) is 2. The van der Waals surface area contributed by atoms with E-state index in [0.717, 1.165) is 4.90 Å². The van der Waals surface area contributed by atoms with Crippen molar-refractivity contribution in [3.05, 3.63) is 63.0 Å². The molecular weight excluding hydrogens is 565 g/mol. The fraction of sp³-hybridized carbons (Fsp3) is 0.448. The van der Waals surface area contributed by atoms with Crippen LogP contribution in [-0.2, 0) is 23.9 Å². The van der Waals surface area contributed by atoms with Gasteiger partial charge in [-0.25, -0.2) is 14.2 Å². The summed E-state index contributed by atoms with van der Waals surface area (Å²) < 4.78 is 20.1. The van der Waals surface area contributed by atoms with Crippen LogP contribution in [0.2, 0.25) is 0 Å². The molecule has 2 saturated heterocycles. The third-order valence-corrected chi connectivity index (χ3v) is 8.74. The third kappa shape index (κ3) is 5.22. The number of aliphatic imine (C=N–C) groups is 1. The molecule has 13 heteroatoms. The molecule has 0 radical (unpaired) electrons. The minimum atomic E-state index is -1.31. The molecule has 222 valence electrons. The number of esters is 1. The van der Waals surface area contributed by atoms with Crippen molar-refractivity contribution in [2.45, 2.75) is 46.2 Å². The lowest BCUT2D eigenvalue weighted by Crippen LogP contribution is -2.47. The molecule has 1 aromatic carbocycles. The van der Waals surface area contributed by atoms with Crippen LogP contribution in [0.1, 0.15) is 49.4 Å². The number of hydrogen-bond acceptors (Lipinski definition) is 10. The van der Waals surface area contributed by atoms with E-state index < -0.39 is 53.0 Å². The number of amidine groups is 1. The molecule has 0 unspecified atom stereocenters. The van der Waals surface area contributed by atoms with Crippen molar-refractivity contribution in [2.75, 3.05) is 26.2 Å². The number of fused-ring (bicyclic) bond motifs is 1. The third-order valence-electron chi connectivity index (χ3n) is 7.96. The molecule has 3 aliphatic heterocycles. The maximum atomic E-state index is 14.7. The first kappa shape index (κ1) is 29.5. The molecule has 0 aliphatic carbocycles. The monoisotopic (exact) mass is 597 g/mol. The van der Waals surface area contributed by atoms with E-state index in [0.29, 0.717) is 40.6 Å². The highest BCUT2D eigenvalue weighted by Gasteiger charge is 2.55. The summed E-state index contributed by atoms with van der Waals surface area (Å²) in [4.78, 5) is 64.0. The number of nitrogens with one attached hydrogen (secondary N) is 1. The Balaban J connectivity index is 1.55. The highest BCUT2D eigenvalue weighted by molar-refractivity contribution is 7.11. The Kier molecular flexibility index (Phi) is 7.99. The van der Waals surface area contributed by atoms with E-state index in [-0.39, 0.29) is 25.3 Å². The molecule has 2 amide bonds. The Morgan fingerprint density at radius 2 is 2.02 bits per heavy atom.